The number of nitrogens with zero attached hydrogens (tertiary/aromatic N) is 1. The average Bonchev–Trinajstić information content (AvgIpc) is 2.28. The molecule has 0 radical (unpaired) electrons. The molecule has 1 rings (SSSR count). The predicted octanol–water partition coefficient (Wildman–Crippen LogP) is 0.909. The largest absolute Gasteiger partial charge is 0.356 e. The molecule has 0 saturated carbocycles. The highest BCUT2D eigenvalue weighted by Gasteiger charge is 2.30. The van der Waals surface area contributed by atoms with Gasteiger partial charge in [-0.05, 0) is 0 Å². The number of nitro groups is 1. The highest BCUT2D eigenvalue weighted by Crippen LogP contribution is 2.25. The van der Waals surface area contributed by atoms with Gasteiger partial charge in [0, 0.05) is 5.41 Å². The molecule has 0 aliphatic heterocycles. The Morgan fingerprint density at radius 2 is 1.85 bits per heavy atom. The Hall–Kier alpha value is -1.59. The molecule has 2 N–H and O–H groups in total. The number of H-pyrrole nitrogens is 2. The molecule has 6 nitrogen and oxygen atoms in total. The molecule has 1 aromatic rings. The number of rotatable bonds is 1. The lowest BCUT2D eigenvalue weighted by molar-refractivity contribution is -0.387. The van der Waals surface area contributed by atoms with Crippen LogP contribution in [0.25, 0.3) is 0 Å². The molecule has 6 heteroatoms. The number of aromatic nitrogens is 2. The third kappa shape index (κ3) is 1.61. The Morgan fingerprint density at radius 1 is 1.31 bits per heavy atom. The van der Waals surface area contributed by atoms with E-state index in [1.165, 1.54) is 0 Å². The van der Waals surface area contributed by atoms with Gasteiger partial charge < -0.3 is 0 Å². The molecule has 0 aliphatic rings. The molecule has 0 aromatic carbocycles. The Kier molecular flexibility index (Phi) is 1.99. The average molecular weight is 185 g/mol. The van der Waals surface area contributed by atoms with Gasteiger partial charge in [0.1, 0.15) is 5.69 Å². The summed E-state index contributed by atoms with van der Waals surface area (Å²) in [5.41, 5.74) is -1.20. The molecule has 0 saturated heterocycles. The zero-order valence-electron chi connectivity index (χ0n) is 7.67. The standard InChI is InChI=1S/C7H11N3O3/c1-7(2,3)5-4(10(12)13)6(11)9-8-5/h1-3H3,(H2,8,9,11). The second-order valence-electron chi connectivity index (χ2n) is 3.81. The van der Waals surface area contributed by atoms with Crippen molar-refractivity contribution >= 4 is 5.69 Å². The van der Waals surface area contributed by atoms with Crippen LogP contribution in [0, 0.1) is 10.1 Å². The number of nitrogens with one attached hydrogen (secondary N) is 2. The maximum absolute atomic E-state index is 11.0. The summed E-state index contributed by atoms with van der Waals surface area (Å²) in [5.74, 6) is 0. The number of hydrogen-bond acceptors (Lipinski definition) is 3. The van der Waals surface area contributed by atoms with Crippen molar-refractivity contribution in [3.05, 3.63) is 26.2 Å². The molecule has 0 atom stereocenters. The molecular formula is C7H11N3O3. The van der Waals surface area contributed by atoms with Gasteiger partial charge in [0.2, 0.25) is 0 Å². The molecule has 1 heterocycles. The molecule has 0 bridgehead atoms. The van der Waals surface area contributed by atoms with Crippen LogP contribution < -0.4 is 5.56 Å². The van der Waals surface area contributed by atoms with Crippen LogP contribution in [-0.4, -0.2) is 15.1 Å². The first-order valence-corrected chi connectivity index (χ1v) is 3.79. The first-order valence-electron chi connectivity index (χ1n) is 3.79. The van der Waals surface area contributed by atoms with Crippen LogP contribution in [0.4, 0.5) is 5.69 Å². The lowest BCUT2D eigenvalue weighted by atomic mass is 9.91. The zero-order valence-corrected chi connectivity index (χ0v) is 7.67. The fourth-order valence-corrected chi connectivity index (χ4v) is 1.07. The van der Waals surface area contributed by atoms with Crippen LogP contribution in [0.3, 0.4) is 0 Å². The molecule has 0 spiro atoms. The van der Waals surface area contributed by atoms with Crippen LogP contribution in [0.2, 0.25) is 0 Å². The Bertz CT molecular complexity index is 382. The van der Waals surface area contributed by atoms with E-state index in [4.69, 9.17) is 0 Å². The third-order valence-corrected chi connectivity index (χ3v) is 1.69. The van der Waals surface area contributed by atoms with Crippen LogP contribution in [0.1, 0.15) is 26.5 Å². The summed E-state index contributed by atoms with van der Waals surface area (Å²) in [6, 6.07) is 0. The molecule has 1 aromatic heterocycles. The minimum absolute atomic E-state index is 0.322. The van der Waals surface area contributed by atoms with Crippen molar-refractivity contribution in [2.45, 2.75) is 26.2 Å². The molecule has 0 aliphatic carbocycles. The normalized spacial score (nSPS) is 11.6. The SMILES string of the molecule is CC(C)(C)c1[nH][nH]c(=O)c1[N+](=O)[O-]. The predicted molar refractivity (Wildman–Crippen MR) is 46.8 cm³/mol. The van der Waals surface area contributed by atoms with Gasteiger partial charge in [-0.3, -0.25) is 25.1 Å². The van der Waals surface area contributed by atoms with Gasteiger partial charge in [0.05, 0.1) is 4.92 Å². The summed E-state index contributed by atoms with van der Waals surface area (Å²) in [4.78, 5) is 20.8. The van der Waals surface area contributed by atoms with Crippen molar-refractivity contribution in [2.75, 3.05) is 0 Å². The van der Waals surface area contributed by atoms with Crippen LogP contribution in [0.5, 0.6) is 0 Å². The van der Waals surface area contributed by atoms with Crippen LogP contribution in [-0.2, 0) is 5.41 Å². The summed E-state index contributed by atoms with van der Waals surface area (Å²) in [7, 11) is 0. The molecule has 0 fully saturated rings. The minimum Gasteiger partial charge on any atom is -0.295 e. The van der Waals surface area contributed by atoms with Gasteiger partial charge in [-0.2, -0.15) is 0 Å². The maximum atomic E-state index is 11.0. The minimum atomic E-state index is -0.685. The van der Waals surface area contributed by atoms with E-state index >= 15 is 0 Å². The molecule has 72 valence electrons. The second kappa shape index (κ2) is 2.72. The van der Waals surface area contributed by atoms with E-state index in [2.05, 4.69) is 10.2 Å². The van der Waals surface area contributed by atoms with Gasteiger partial charge in [0.25, 0.3) is 0 Å². The van der Waals surface area contributed by atoms with Crippen molar-refractivity contribution in [1.29, 1.82) is 0 Å². The topological polar surface area (TPSA) is 91.8 Å². The van der Waals surface area contributed by atoms with Crippen LogP contribution in [0.15, 0.2) is 4.79 Å². The fraction of sp³-hybridized carbons (Fsp3) is 0.571. The third-order valence-electron chi connectivity index (χ3n) is 1.69. The van der Waals surface area contributed by atoms with Gasteiger partial charge in [-0.25, -0.2) is 0 Å². The van der Waals surface area contributed by atoms with E-state index in [0.717, 1.165) is 0 Å². The molecule has 13 heavy (non-hydrogen) atoms. The monoisotopic (exact) mass is 185 g/mol. The van der Waals surface area contributed by atoms with Crippen molar-refractivity contribution < 1.29 is 4.92 Å². The highest BCUT2D eigenvalue weighted by molar-refractivity contribution is 5.36. The fourth-order valence-electron chi connectivity index (χ4n) is 1.07. The quantitative estimate of drug-likeness (QED) is 0.503. The Labute approximate surface area is 74.1 Å². The van der Waals surface area contributed by atoms with Crippen molar-refractivity contribution in [2.24, 2.45) is 0 Å². The van der Waals surface area contributed by atoms with E-state index in [1.807, 2.05) is 0 Å². The summed E-state index contributed by atoms with van der Waals surface area (Å²) in [6.45, 7) is 5.37. The van der Waals surface area contributed by atoms with Gasteiger partial charge in [-0.15, -0.1) is 0 Å². The van der Waals surface area contributed by atoms with Gasteiger partial charge in [0.15, 0.2) is 0 Å². The Balaban J connectivity index is 3.40. The first kappa shape index (κ1) is 9.50. The van der Waals surface area contributed by atoms with E-state index in [-0.39, 0.29) is 0 Å². The van der Waals surface area contributed by atoms with Gasteiger partial charge in [-0.1, -0.05) is 20.8 Å². The Morgan fingerprint density at radius 3 is 2.15 bits per heavy atom. The molecule has 0 amide bonds. The van der Waals surface area contributed by atoms with Crippen molar-refractivity contribution in [3.63, 3.8) is 0 Å². The first-order chi connectivity index (χ1) is 5.84. The molecular weight excluding hydrogens is 174 g/mol. The summed E-state index contributed by atoms with van der Waals surface area (Å²) >= 11 is 0. The van der Waals surface area contributed by atoms with E-state index < -0.39 is 21.6 Å². The summed E-state index contributed by atoms with van der Waals surface area (Å²) in [5, 5.41) is 15.2. The highest BCUT2D eigenvalue weighted by atomic mass is 16.6. The number of hydrogen-bond donors (Lipinski definition) is 2. The number of aromatic amines is 2. The molecule has 0 unspecified atom stereocenters. The van der Waals surface area contributed by atoms with Crippen molar-refractivity contribution in [3.8, 4) is 0 Å². The lowest BCUT2D eigenvalue weighted by Crippen LogP contribution is -2.15. The smallest absolute Gasteiger partial charge is 0.295 e. The van der Waals surface area contributed by atoms with E-state index in [9.17, 15) is 14.9 Å². The zero-order chi connectivity index (χ0) is 10.2. The van der Waals surface area contributed by atoms with Crippen molar-refractivity contribution in [1.82, 2.24) is 10.2 Å². The lowest BCUT2D eigenvalue weighted by Gasteiger charge is -2.14. The summed E-state index contributed by atoms with van der Waals surface area (Å²) in [6.07, 6.45) is 0. The van der Waals surface area contributed by atoms with E-state index in [0.29, 0.717) is 5.69 Å². The maximum Gasteiger partial charge on any atom is 0.356 e. The van der Waals surface area contributed by atoms with Crippen LogP contribution >= 0.6 is 0 Å². The van der Waals surface area contributed by atoms with E-state index in [1.54, 1.807) is 20.8 Å². The summed E-state index contributed by atoms with van der Waals surface area (Å²) < 4.78 is 0. The van der Waals surface area contributed by atoms with Gasteiger partial charge >= 0.3 is 11.2 Å². The second-order valence-corrected chi connectivity index (χ2v) is 3.81.